The Morgan fingerprint density at radius 1 is 1.00 bits per heavy atom. The van der Waals surface area contributed by atoms with E-state index in [2.05, 4.69) is 32.1 Å². The molecule has 1 saturated heterocycles. The molecular weight excluding hydrogens is 504 g/mol. The summed E-state index contributed by atoms with van der Waals surface area (Å²) in [6, 6.07) is 19.3. The number of H-pyrrole nitrogens is 1. The van der Waals surface area contributed by atoms with E-state index >= 15 is 0 Å². The number of nitrogens with two attached hydrogens (primary N) is 1. The number of hydrogen-bond acceptors (Lipinski definition) is 7. The van der Waals surface area contributed by atoms with Crippen molar-refractivity contribution in [2.75, 3.05) is 51.6 Å². The summed E-state index contributed by atoms with van der Waals surface area (Å²) in [4.78, 5) is 36.8. The maximum atomic E-state index is 13.0. The molecule has 1 amide bonds. The van der Waals surface area contributed by atoms with Crippen LogP contribution in [0.25, 0.3) is 10.9 Å². The van der Waals surface area contributed by atoms with Gasteiger partial charge in [0.2, 0.25) is 5.91 Å². The third kappa shape index (κ3) is 6.39. The normalized spacial score (nSPS) is 14.6. The molecule has 0 saturated carbocycles. The van der Waals surface area contributed by atoms with Crippen LogP contribution in [-0.2, 0) is 0 Å². The monoisotopic (exact) mass is 538 g/mol. The summed E-state index contributed by atoms with van der Waals surface area (Å²) in [7, 11) is 2.17. The topological polar surface area (TPSA) is 127 Å². The van der Waals surface area contributed by atoms with Crippen LogP contribution in [0.1, 0.15) is 38.3 Å². The van der Waals surface area contributed by atoms with Crippen molar-refractivity contribution in [3.05, 3.63) is 89.0 Å². The summed E-state index contributed by atoms with van der Waals surface area (Å²) in [5, 5.41) is 14.7. The zero-order chi connectivity index (χ0) is 28.1. The van der Waals surface area contributed by atoms with Crippen molar-refractivity contribution < 1.29 is 14.7 Å². The van der Waals surface area contributed by atoms with Gasteiger partial charge >= 0.3 is 0 Å². The molecule has 2 heterocycles. The minimum absolute atomic E-state index is 0.0299. The van der Waals surface area contributed by atoms with E-state index in [1.54, 1.807) is 42.6 Å². The first-order chi connectivity index (χ1) is 19.4. The van der Waals surface area contributed by atoms with E-state index in [-0.39, 0.29) is 17.2 Å². The summed E-state index contributed by atoms with van der Waals surface area (Å²) in [5.74, 6) is -0.869. The Hall–Kier alpha value is -4.47. The molecule has 1 fully saturated rings. The van der Waals surface area contributed by atoms with Crippen molar-refractivity contribution in [3.63, 3.8) is 0 Å². The highest BCUT2D eigenvalue weighted by Crippen LogP contribution is 2.28. The molecule has 5 rings (SSSR count). The number of hydrogen-bond donors (Lipinski definition) is 4. The number of benzene rings is 3. The number of ketones is 1. The molecule has 9 nitrogen and oxygen atoms in total. The number of likely N-dealkylation sites (N-methyl/N-ethyl adjacent to an activating group) is 1. The van der Waals surface area contributed by atoms with Gasteiger partial charge in [-0.1, -0.05) is 24.3 Å². The van der Waals surface area contributed by atoms with Gasteiger partial charge in [-0.3, -0.25) is 14.6 Å². The molecule has 3 aromatic carbocycles. The Morgan fingerprint density at radius 2 is 1.73 bits per heavy atom. The van der Waals surface area contributed by atoms with E-state index in [1.165, 1.54) is 6.07 Å². The Morgan fingerprint density at radius 3 is 2.48 bits per heavy atom. The zero-order valence-corrected chi connectivity index (χ0v) is 22.6. The van der Waals surface area contributed by atoms with Crippen molar-refractivity contribution in [2.24, 2.45) is 10.7 Å². The number of piperazine rings is 1. The summed E-state index contributed by atoms with van der Waals surface area (Å²) >= 11 is 0. The first kappa shape index (κ1) is 27.1. The number of aromatic nitrogens is 1. The standard InChI is InChI=1S/C31H34N6O3/c1-36-14-16-37(17-15-36)13-3-12-33-24-7-9-25(10-8-24)34-20-27-26-11-6-22(19-28(26)35-31(27)40)29(38)21-4-2-5-23(18-21)30(32)39/h2,4-11,18-20,33,35,40H,3,12-17H2,1H3,(H2,32,39). The third-order valence-corrected chi connectivity index (χ3v) is 7.28. The molecule has 206 valence electrons. The fourth-order valence-corrected chi connectivity index (χ4v) is 4.87. The lowest BCUT2D eigenvalue weighted by molar-refractivity contribution is 0.1000. The molecule has 0 spiro atoms. The molecule has 1 aliphatic heterocycles. The van der Waals surface area contributed by atoms with Crippen molar-refractivity contribution in [2.45, 2.75) is 6.42 Å². The van der Waals surface area contributed by atoms with Crippen LogP contribution in [0.2, 0.25) is 0 Å². The van der Waals surface area contributed by atoms with Crippen molar-refractivity contribution in [3.8, 4) is 5.88 Å². The lowest BCUT2D eigenvalue weighted by atomic mass is 10.00. The fraction of sp³-hybridized carbons (Fsp3) is 0.258. The van der Waals surface area contributed by atoms with Crippen LogP contribution >= 0.6 is 0 Å². The molecule has 0 aliphatic carbocycles. The molecule has 0 atom stereocenters. The van der Waals surface area contributed by atoms with Crippen LogP contribution in [0.5, 0.6) is 5.88 Å². The molecule has 0 radical (unpaired) electrons. The number of carbonyl (C=O) groups excluding carboxylic acids is 2. The number of aliphatic imine (C=N–C) groups is 1. The Balaban J connectivity index is 1.20. The summed E-state index contributed by atoms with van der Waals surface area (Å²) in [6.45, 7) is 6.58. The number of aromatic amines is 1. The van der Waals surface area contributed by atoms with E-state index in [0.29, 0.717) is 22.2 Å². The van der Waals surface area contributed by atoms with Gasteiger partial charge in [-0.2, -0.15) is 0 Å². The van der Waals surface area contributed by atoms with E-state index in [4.69, 9.17) is 5.73 Å². The highest BCUT2D eigenvalue weighted by molar-refractivity contribution is 6.12. The molecule has 5 N–H and O–H groups in total. The zero-order valence-electron chi connectivity index (χ0n) is 22.6. The number of rotatable bonds is 10. The summed E-state index contributed by atoms with van der Waals surface area (Å²) in [6.07, 6.45) is 2.71. The lowest BCUT2D eigenvalue weighted by Crippen LogP contribution is -2.44. The molecular formula is C31H34N6O3. The number of amides is 1. The first-order valence-electron chi connectivity index (χ1n) is 13.5. The van der Waals surface area contributed by atoms with Gasteiger partial charge in [-0.25, -0.2) is 0 Å². The number of fused-ring (bicyclic) bond motifs is 1. The molecule has 1 aromatic heterocycles. The highest BCUT2D eigenvalue weighted by Gasteiger charge is 2.15. The van der Waals surface area contributed by atoms with E-state index in [0.717, 1.165) is 62.5 Å². The van der Waals surface area contributed by atoms with E-state index in [9.17, 15) is 14.7 Å². The van der Waals surface area contributed by atoms with Crippen molar-refractivity contribution in [1.29, 1.82) is 0 Å². The molecule has 0 bridgehead atoms. The number of carbonyl (C=O) groups is 2. The van der Waals surface area contributed by atoms with Gasteiger partial charge in [0.05, 0.1) is 11.3 Å². The third-order valence-electron chi connectivity index (χ3n) is 7.28. The number of aromatic hydroxyl groups is 1. The predicted molar refractivity (Wildman–Crippen MR) is 159 cm³/mol. The van der Waals surface area contributed by atoms with Gasteiger partial charge in [-0.05, 0) is 62.5 Å². The summed E-state index contributed by atoms with van der Waals surface area (Å²) in [5.41, 5.74) is 9.35. The summed E-state index contributed by atoms with van der Waals surface area (Å²) < 4.78 is 0. The van der Waals surface area contributed by atoms with Gasteiger partial charge in [-0.15, -0.1) is 0 Å². The Labute approximate surface area is 233 Å². The quantitative estimate of drug-likeness (QED) is 0.137. The van der Waals surface area contributed by atoms with Crippen LogP contribution in [0.4, 0.5) is 11.4 Å². The first-order valence-corrected chi connectivity index (χ1v) is 13.5. The minimum Gasteiger partial charge on any atom is -0.494 e. The van der Waals surface area contributed by atoms with Gasteiger partial charge in [0, 0.05) is 72.2 Å². The Bertz CT molecular complexity index is 1530. The lowest BCUT2D eigenvalue weighted by Gasteiger charge is -2.32. The van der Waals surface area contributed by atoms with Gasteiger partial charge in [0.25, 0.3) is 0 Å². The molecule has 1 aliphatic rings. The van der Waals surface area contributed by atoms with Crippen LogP contribution in [0.15, 0.2) is 71.7 Å². The maximum absolute atomic E-state index is 13.0. The maximum Gasteiger partial charge on any atom is 0.248 e. The molecule has 9 heteroatoms. The van der Waals surface area contributed by atoms with Gasteiger partial charge in [0.15, 0.2) is 11.7 Å². The smallest absolute Gasteiger partial charge is 0.248 e. The average Bonchev–Trinajstić information content (AvgIpc) is 3.29. The number of nitrogens with one attached hydrogen (secondary N) is 2. The second kappa shape index (κ2) is 12.1. The SMILES string of the molecule is CN1CCN(CCCNc2ccc(N=Cc3c(O)[nH]c4cc(C(=O)c5cccc(C(N)=O)c5)ccc34)cc2)CC1. The van der Waals surface area contributed by atoms with Crippen LogP contribution in [0.3, 0.4) is 0 Å². The minimum atomic E-state index is -0.592. The number of primary amides is 1. The molecule has 0 unspecified atom stereocenters. The predicted octanol–water partition coefficient (Wildman–Crippen LogP) is 4.00. The van der Waals surface area contributed by atoms with Crippen molar-refractivity contribution in [1.82, 2.24) is 14.8 Å². The van der Waals surface area contributed by atoms with Crippen LogP contribution in [0, 0.1) is 0 Å². The Kier molecular flexibility index (Phi) is 8.23. The van der Waals surface area contributed by atoms with Gasteiger partial charge in [0.1, 0.15) is 0 Å². The number of anilines is 1. The molecule has 4 aromatic rings. The average molecular weight is 539 g/mol. The van der Waals surface area contributed by atoms with Crippen LogP contribution in [-0.4, -0.2) is 84.1 Å². The van der Waals surface area contributed by atoms with Crippen LogP contribution < -0.4 is 11.1 Å². The molecule has 40 heavy (non-hydrogen) atoms. The fourth-order valence-electron chi connectivity index (χ4n) is 4.87. The second-order valence-electron chi connectivity index (χ2n) is 10.2. The number of nitrogens with zero attached hydrogens (tertiary/aromatic N) is 3. The highest BCUT2D eigenvalue weighted by atomic mass is 16.3. The van der Waals surface area contributed by atoms with E-state index < -0.39 is 5.91 Å². The van der Waals surface area contributed by atoms with E-state index in [1.807, 2.05) is 24.3 Å². The van der Waals surface area contributed by atoms with Gasteiger partial charge < -0.3 is 30.9 Å². The second-order valence-corrected chi connectivity index (χ2v) is 10.2. The van der Waals surface area contributed by atoms with Crippen molar-refractivity contribution >= 4 is 40.2 Å². The largest absolute Gasteiger partial charge is 0.494 e.